The van der Waals surface area contributed by atoms with Crippen molar-refractivity contribution in [3.63, 3.8) is 0 Å². The second-order valence-corrected chi connectivity index (χ2v) is 0. The summed E-state index contributed by atoms with van der Waals surface area (Å²) in [5.74, 6) is 0. The van der Waals surface area contributed by atoms with Crippen LogP contribution in [0.5, 0.6) is 0 Å². The van der Waals surface area contributed by atoms with Gasteiger partial charge in [-0.1, -0.05) is 0 Å². The van der Waals surface area contributed by atoms with Gasteiger partial charge in [0.2, 0.25) is 0 Å². The Morgan fingerprint density at radius 2 is 0.400 bits per heavy atom. The van der Waals surface area contributed by atoms with Crippen LogP contribution in [0.3, 0.4) is 0 Å². The first-order chi connectivity index (χ1) is 4.00. The Kier molecular flexibility index (Phi) is 2420. The summed E-state index contributed by atoms with van der Waals surface area (Å²) in [7, 11) is 0. The topological polar surface area (TPSA) is 0 Å². The molecular formula is C8H20Zn2-4. The minimum absolute atomic E-state index is 0. The van der Waals surface area contributed by atoms with Crippen LogP contribution in [0.2, 0.25) is 0 Å². The molecule has 0 saturated carbocycles. The molecule has 0 rings (SSSR count). The van der Waals surface area contributed by atoms with Crippen molar-refractivity contribution in [3.8, 4) is 0 Å². The van der Waals surface area contributed by atoms with Crippen molar-refractivity contribution in [1.29, 1.82) is 0 Å². The Hall–Kier alpha value is 1.25. The first-order valence-corrected chi connectivity index (χ1v) is 2.83. The molecule has 0 aliphatic heterocycles. The van der Waals surface area contributed by atoms with Crippen LogP contribution >= 0.6 is 0 Å². The molecule has 0 bridgehead atoms. The van der Waals surface area contributed by atoms with E-state index < -0.39 is 0 Å². The SMILES string of the molecule is [CH2-]C.[CH2-]C.[CH2-]C.[CH2-]C.[Zn].[Zn]. The molecule has 10 heavy (non-hydrogen) atoms. The Morgan fingerprint density at radius 3 is 0.400 bits per heavy atom. The molecule has 60 valence electrons. The van der Waals surface area contributed by atoms with Gasteiger partial charge in [0.15, 0.2) is 0 Å². The molecular weight excluding hydrogens is 227 g/mol. The molecule has 0 saturated heterocycles. The van der Waals surface area contributed by atoms with Gasteiger partial charge in [-0.2, -0.15) is 27.7 Å². The van der Waals surface area contributed by atoms with Crippen molar-refractivity contribution in [2.45, 2.75) is 27.7 Å². The number of rotatable bonds is 0. The van der Waals surface area contributed by atoms with Crippen LogP contribution in [-0.4, -0.2) is 0 Å². The van der Waals surface area contributed by atoms with E-state index >= 15 is 0 Å². The van der Waals surface area contributed by atoms with Crippen molar-refractivity contribution in [3.05, 3.63) is 27.7 Å². The smallest absolute Gasteiger partial charge is 0 e. The van der Waals surface area contributed by atoms with Crippen LogP contribution < -0.4 is 0 Å². The molecule has 0 amide bonds. The van der Waals surface area contributed by atoms with Crippen molar-refractivity contribution in [2.75, 3.05) is 0 Å². The van der Waals surface area contributed by atoms with E-state index in [9.17, 15) is 0 Å². The summed E-state index contributed by atoms with van der Waals surface area (Å²) in [5, 5.41) is 0. The van der Waals surface area contributed by atoms with Gasteiger partial charge in [-0.3, -0.25) is 0 Å². The van der Waals surface area contributed by atoms with Crippen molar-refractivity contribution in [2.24, 2.45) is 0 Å². The zero-order valence-corrected chi connectivity index (χ0v) is 14.2. The van der Waals surface area contributed by atoms with E-state index in [1.807, 2.05) is 0 Å². The van der Waals surface area contributed by atoms with E-state index in [1.54, 1.807) is 27.7 Å². The molecule has 0 aliphatic carbocycles. The Balaban J connectivity index is -0.00000000500. The fraction of sp³-hybridized carbons (Fsp3) is 0.500. The van der Waals surface area contributed by atoms with E-state index in [-0.39, 0.29) is 39.0 Å². The molecule has 0 aromatic heterocycles. The third kappa shape index (κ3) is 405. The van der Waals surface area contributed by atoms with Gasteiger partial charge < -0.3 is 27.7 Å². The van der Waals surface area contributed by atoms with Crippen LogP contribution in [0.1, 0.15) is 27.7 Å². The third-order valence-electron chi connectivity index (χ3n) is 0. The van der Waals surface area contributed by atoms with Crippen molar-refractivity contribution >= 4 is 0 Å². The molecule has 0 atom stereocenters. The normalized spacial score (nSPS) is 2.40. The summed E-state index contributed by atoms with van der Waals surface area (Å²) in [6.07, 6.45) is 0. The number of hydrogen-bond donors (Lipinski definition) is 0. The molecule has 0 unspecified atom stereocenters. The predicted octanol–water partition coefficient (Wildman–Crippen LogP) is 3.36. The van der Waals surface area contributed by atoms with Gasteiger partial charge in [-0.05, 0) is 0 Å². The summed E-state index contributed by atoms with van der Waals surface area (Å²) < 4.78 is 0. The van der Waals surface area contributed by atoms with Crippen LogP contribution in [0.25, 0.3) is 0 Å². The summed E-state index contributed by atoms with van der Waals surface area (Å²) in [4.78, 5) is 0. The third-order valence-corrected chi connectivity index (χ3v) is 0. The summed E-state index contributed by atoms with van der Waals surface area (Å²) in [5.41, 5.74) is 0. The Labute approximate surface area is 94.1 Å². The zero-order chi connectivity index (χ0) is 8.00. The molecule has 0 fully saturated rings. The second-order valence-electron chi connectivity index (χ2n) is 0. The second kappa shape index (κ2) is 564. The summed E-state index contributed by atoms with van der Waals surface area (Å²) in [6, 6.07) is 0. The standard InChI is InChI=1S/4C2H5.2Zn/c4*1-2;;/h4*1H2,2H3;;/q4*-1;;. The fourth-order valence-corrected chi connectivity index (χ4v) is 0. The van der Waals surface area contributed by atoms with Gasteiger partial charge >= 0.3 is 0 Å². The van der Waals surface area contributed by atoms with Gasteiger partial charge in [0.1, 0.15) is 0 Å². The minimum atomic E-state index is 0. The van der Waals surface area contributed by atoms with Crippen LogP contribution in [0, 0.1) is 27.7 Å². The average molecular weight is 247 g/mol. The average Bonchev–Trinajstić information content (AvgIpc) is 2.03. The molecule has 2 heteroatoms. The Bertz CT molecular complexity index is 7.22. The van der Waals surface area contributed by atoms with E-state index in [2.05, 4.69) is 27.7 Å². The maximum atomic E-state index is 3.25. The molecule has 0 nitrogen and oxygen atoms in total. The van der Waals surface area contributed by atoms with E-state index in [4.69, 9.17) is 0 Å². The van der Waals surface area contributed by atoms with E-state index in [0.29, 0.717) is 0 Å². The van der Waals surface area contributed by atoms with Gasteiger partial charge in [0, 0.05) is 39.0 Å². The Morgan fingerprint density at radius 1 is 0.400 bits per heavy atom. The first kappa shape index (κ1) is 42.9. The van der Waals surface area contributed by atoms with Crippen molar-refractivity contribution < 1.29 is 39.0 Å². The van der Waals surface area contributed by atoms with Gasteiger partial charge in [-0.25, -0.2) is 0 Å². The van der Waals surface area contributed by atoms with Crippen LogP contribution in [-0.2, 0) is 39.0 Å². The maximum Gasteiger partial charge on any atom is 0 e. The fourth-order valence-electron chi connectivity index (χ4n) is 0. The predicted molar refractivity (Wildman–Crippen MR) is 44.1 cm³/mol. The van der Waals surface area contributed by atoms with E-state index in [1.165, 1.54) is 0 Å². The molecule has 0 aliphatic rings. The van der Waals surface area contributed by atoms with Crippen LogP contribution in [0.15, 0.2) is 0 Å². The number of hydrogen-bond acceptors (Lipinski definition) is 0. The first-order valence-electron chi connectivity index (χ1n) is 2.83. The van der Waals surface area contributed by atoms with Gasteiger partial charge in [0.05, 0.1) is 0 Å². The van der Waals surface area contributed by atoms with Gasteiger partial charge in [-0.15, -0.1) is 0 Å². The monoisotopic (exact) mass is 244 g/mol. The molecule has 0 N–H and O–H groups in total. The molecule has 0 aromatic rings. The minimum Gasteiger partial charge on any atom is -0.346 e. The summed E-state index contributed by atoms with van der Waals surface area (Å²) >= 11 is 0. The zero-order valence-electron chi connectivity index (χ0n) is 8.24. The van der Waals surface area contributed by atoms with Crippen molar-refractivity contribution in [1.82, 2.24) is 0 Å². The molecule has 0 aromatic carbocycles. The maximum absolute atomic E-state index is 3.25. The van der Waals surface area contributed by atoms with Gasteiger partial charge in [0.25, 0.3) is 0 Å². The largest absolute Gasteiger partial charge is 0.346 e. The molecule has 0 heterocycles. The van der Waals surface area contributed by atoms with E-state index in [0.717, 1.165) is 0 Å². The molecule has 0 radical (unpaired) electrons. The van der Waals surface area contributed by atoms with Crippen LogP contribution in [0.4, 0.5) is 0 Å². The summed E-state index contributed by atoms with van der Waals surface area (Å²) in [6.45, 7) is 20.0. The molecule has 0 spiro atoms. The quantitative estimate of drug-likeness (QED) is 0.454.